The van der Waals surface area contributed by atoms with Crippen molar-refractivity contribution in [2.45, 2.75) is 43.7 Å². The molecule has 0 radical (unpaired) electrons. The van der Waals surface area contributed by atoms with Crippen LogP contribution >= 0.6 is 23.2 Å². The van der Waals surface area contributed by atoms with E-state index in [1.807, 2.05) is 37.3 Å². The lowest BCUT2D eigenvalue weighted by Crippen LogP contribution is -2.53. The third-order valence-corrected chi connectivity index (χ3v) is 10.2. The molecule has 48 heavy (non-hydrogen) atoms. The van der Waals surface area contributed by atoms with Crippen LogP contribution in [0.3, 0.4) is 0 Å². The number of unbranched alkanes of at least 4 members (excludes halogenated alkanes) is 1. The zero-order valence-corrected chi connectivity index (χ0v) is 29.4. The summed E-state index contributed by atoms with van der Waals surface area (Å²) >= 11 is 13.2. The van der Waals surface area contributed by atoms with Gasteiger partial charge in [-0.1, -0.05) is 91.1 Å². The van der Waals surface area contributed by atoms with Gasteiger partial charge in [-0.05, 0) is 48.4 Å². The molecule has 0 bridgehead atoms. The normalized spacial score (nSPS) is 11.8. The lowest BCUT2D eigenvalue weighted by atomic mass is 10.0. The van der Waals surface area contributed by atoms with Crippen LogP contribution in [0.4, 0.5) is 5.69 Å². The van der Waals surface area contributed by atoms with Gasteiger partial charge in [0.1, 0.15) is 12.6 Å². The van der Waals surface area contributed by atoms with Gasteiger partial charge < -0.3 is 19.7 Å². The van der Waals surface area contributed by atoms with Crippen molar-refractivity contribution in [3.63, 3.8) is 0 Å². The first-order valence-corrected chi connectivity index (χ1v) is 17.6. The molecule has 0 aliphatic rings. The van der Waals surface area contributed by atoms with Gasteiger partial charge in [-0.2, -0.15) is 0 Å². The third kappa shape index (κ3) is 9.00. The summed E-state index contributed by atoms with van der Waals surface area (Å²) in [5.74, 6) is -0.456. The number of sulfonamides is 1. The summed E-state index contributed by atoms with van der Waals surface area (Å²) in [6, 6.07) is 25.8. The van der Waals surface area contributed by atoms with Crippen LogP contribution in [0.1, 0.15) is 30.9 Å². The molecule has 1 N–H and O–H groups in total. The van der Waals surface area contributed by atoms with E-state index in [4.69, 9.17) is 32.7 Å². The summed E-state index contributed by atoms with van der Waals surface area (Å²) in [5, 5.41) is 3.58. The number of methoxy groups -OCH3 is 2. The molecule has 12 heteroatoms. The fourth-order valence-corrected chi connectivity index (χ4v) is 7.09. The van der Waals surface area contributed by atoms with Crippen molar-refractivity contribution < 1.29 is 27.5 Å². The Kier molecular flexibility index (Phi) is 13.1. The number of benzene rings is 4. The van der Waals surface area contributed by atoms with Crippen LogP contribution < -0.4 is 19.1 Å². The molecule has 9 nitrogen and oxygen atoms in total. The highest BCUT2D eigenvalue weighted by molar-refractivity contribution is 7.92. The van der Waals surface area contributed by atoms with E-state index in [1.54, 1.807) is 48.5 Å². The van der Waals surface area contributed by atoms with Gasteiger partial charge in [0, 0.05) is 41.2 Å². The van der Waals surface area contributed by atoms with Crippen molar-refractivity contribution >= 4 is 50.7 Å². The number of nitrogens with zero attached hydrogens (tertiary/aromatic N) is 2. The minimum atomic E-state index is -4.35. The minimum absolute atomic E-state index is 0.115. The van der Waals surface area contributed by atoms with E-state index < -0.39 is 28.5 Å². The van der Waals surface area contributed by atoms with Gasteiger partial charge in [0.2, 0.25) is 11.8 Å². The lowest BCUT2D eigenvalue weighted by Gasteiger charge is -2.34. The predicted octanol–water partition coefficient (Wildman–Crippen LogP) is 6.76. The molecular weight excluding hydrogens is 673 g/mol. The number of halogens is 2. The molecule has 0 aliphatic carbocycles. The Morgan fingerprint density at radius 2 is 1.46 bits per heavy atom. The van der Waals surface area contributed by atoms with Gasteiger partial charge in [-0.15, -0.1) is 0 Å². The Morgan fingerprint density at radius 3 is 2.06 bits per heavy atom. The van der Waals surface area contributed by atoms with Crippen LogP contribution in [0.2, 0.25) is 10.0 Å². The fourth-order valence-electron chi connectivity index (χ4n) is 5.14. The number of carbonyl (C=O) groups is 2. The first-order valence-electron chi connectivity index (χ1n) is 15.4. The van der Waals surface area contributed by atoms with Crippen molar-refractivity contribution in [2.24, 2.45) is 0 Å². The molecular formula is C36H39Cl2N3O6S. The largest absolute Gasteiger partial charge is 0.493 e. The number of nitrogens with one attached hydrogen (secondary N) is 1. The number of hydrogen-bond donors (Lipinski definition) is 1. The number of para-hydroxylation sites is 1. The maximum absolute atomic E-state index is 14.6. The van der Waals surface area contributed by atoms with E-state index in [0.717, 1.165) is 22.7 Å². The van der Waals surface area contributed by atoms with Crippen LogP contribution in [0.15, 0.2) is 102 Å². The van der Waals surface area contributed by atoms with Crippen molar-refractivity contribution in [3.8, 4) is 11.5 Å². The quantitative estimate of drug-likeness (QED) is 0.129. The van der Waals surface area contributed by atoms with Crippen LogP contribution in [0.5, 0.6) is 11.5 Å². The highest BCUT2D eigenvalue weighted by Crippen LogP contribution is 2.33. The molecule has 0 spiro atoms. The van der Waals surface area contributed by atoms with E-state index in [1.165, 1.54) is 37.3 Å². The Labute approximate surface area is 292 Å². The van der Waals surface area contributed by atoms with Gasteiger partial charge in [0.25, 0.3) is 10.0 Å². The molecule has 0 saturated heterocycles. The van der Waals surface area contributed by atoms with Crippen LogP contribution in [-0.4, -0.2) is 58.5 Å². The molecule has 4 aromatic carbocycles. The van der Waals surface area contributed by atoms with Crippen LogP contribution in [0, 0.1) is 0 Å². The standard InChI is InChI=1S/C36H39Cl2N3O6S/c1-4-5-21-39-36(43)32(22-26-13-8-6-9-14-26)40(24-29-30(37)17-12-18-31(29)38)35(42)25-41(27-15-10-7-11-16-27)48(44,45)28-19-20-33(46-2)34(23-28)47-3/h6-20,23,32H,4-5,21-22,24-25H2,1-3H3,(H,39,43)/t32-/m0/s1. The lowest BCUT2D eigenvalue weighted by molar-refractivity contribution is -0.140. The zero-order valence-electron chi connectivity index (χ0n) is 27.1. The molecule has 0 fully saturated rings. The Morgan fingerprint density at radius 1 is 0.833 bits per heavy atom. The summed E-state index contributed by atoms with van der Waals surface area (Å²) in [6.45, 7) is 1.66. The zero-order chi connectivity index (χ0) is 34.7. The molecule has 0 unspecified atom stereocenters. The predicted molar refractivity (Wildman–Crippen MR) is 189 cm³/mol. The molecule has 2 amide bonds. The Balaban J connectivity index is 1.83. The van der Waals surface area contributed by atoms with E-state index in [9.17, 15) is 18.0 Å². The summed E-state index contributed by atoms with van der Waals surface area (Å²) < 4.78 is 40.4. The third-order valence-electron chi connectivity index (χ3n) is 7.76. The van der Waals surface area contributed by atoms with Crippen molar-refractivity contribution in [3.05, 3.63) is 118 Å². The first-order chi connectivity index (χ1) is 23.1. The molecule has 1 atom stereocenters. The van der Waals surface area contributed by atoms with Crippen molar-refractivity contribution in [2.75, 3.05) is 31.6 Å². The van der Waals surface area contributed by atoms with Gasteiger partial charge in [-0.25, -0.2) is 8.42 Å². The maximum Gasteiger partial charge on any atom is 0.264 e. The second-order valence-electron chi connectivity index (χ2n) is 10.9. The molecule has 0 saturated carbocycles. The second kappa shape index (κ2) is 17.2. The van der Waals surface area contributed by atoms with Crippen molar-refractivity contribution in [1.29, 1.82) is 0 Å². The molecule has 0 aromatic heterocycles. The molecule has 0 aliphatic heterocycles. The number of anilines is 1. The maximum atomic E-state index is 14.6. The summed E-state index contributed by atoms with van der Waals surface area (Å²) in [4.78, 5) is 29.8. The fraction of sp³-hybridized carbons (Fsp3) is 0.278. The Hall–Kier alpha value is -4.25. The second-order valence-corrected chi connectivity index (χ2v) is 13.6. The average molecular weight is 713 g/mol. The summed E-state index contributed by atoms with van der Waals surface area (Å²) in [5.41, 5.74) is 1.50. The van der Waals surface area contributed by atoms with Crippen LogP contribution in [-0.2, 0) is 32.6 Å². The summed E-state index contributed by atoms with van der Waals surface area (Å²) in [6.07, 6.45) is 1.78. The van der Waals surface area contributed by atoms with E-state index in [2.05, 4.69) is 5.32 Å². The molecule has 4 rings (SSSR count). The highest BCUT2D eigenvalue weighted by Gasteiger charge is 2.35. The Bertz CT molecular complexity index is 1770. The number of amides is 2. The summed E-state index contributed by atoms with van der Waals surface area (Å²) in [7, 11) is -1.50. The van der Waals surface area contributed by atoms with Gasteiger partial charge in [0.05, 0.1) is 24.8 Å². The van der Waals surface area contributed by atoms with Gasteiger partial charge >= 0.3 is 0 Å². The smallest absolute Gasteiger partial charge is 0.264 e. The number of ether oxygens (including phenoxy) is 2. The molecule has 254 valence electrons. The monoisotopic (exact) mass is 711 g/mol. The van der Waals surface area contributed by atoms with Gasteiger partial charge in [0.15, 0.2) is 11.5 Å². The SMILES string of the molecule is CCCCNC(=O)[C@H](Cc1ccccc1)N(Cc1c(Cl)cccc1Cl)C(=O)CN(c1ccccc1)S(=O)(=O)c1ccc(OC)c(OC)c1. The van der Waals surface area contributed by atoms with Crippen molar-refractivity contribution in [1.82, 2.24) is 10.2 Å². The molecule has 4 aromatic rings. The topological polar surface area (TPSA) is 105 Å². The number of carbonyl (C=O) groups excluding carboxylic acids is 2. The highest BCUT2D eigenvalue weighted by atomic mass is 35.5. The van der Waals surface area contributed by atoms with E-state index >= 15 is 0 Å². The minimum Gasteiger partial charge on any atom is -0.493 e. The first kappa shape index (κ1) is 36.6. The number of hydrogen-bond acceptors (Lipinski definition) is 6. The molecule has 0 heterocycles. The van der Waals surface area contributed by atoms with E-state index in [-0.39, 0.29) is 35.2 Å². The van der Waals surface area contributed by atoms with Gasteiger partial charge in [-0.3, -0.25) is 13.9 Å². The van der Waals surface area contributed by atoms with Crippen LogP contribution in [0.25, 0.3) is 0 Å². The number of rotatable bonds is 16. The van der Waals surface area contributed by atoms with E-state index in [0.29, 0.717) is 27.9 Å². The average Bonchev–Trinajstić information content (AvgIpc) is 3.10.